The SMILES string of the molecule is CC(C)CNCc1cc(Br)ccc1N1CC(C)OC(C)C1. The van der Waals surface area contributed by atoms with E-state index in [0.717, 1.165) is 30.7 Å². The van der Waals surface area contributed by atoms with Crippen molar-refractivity contribution in [3.05, 3.63) is 28.2 Å². The van der Waals surface area contributed by atoms with Crippen molar-refractivity contribution < 1.29 is 4.74 Å². The zero-order valence-electron chi connectivity index (χ0n) is 13.5. The van der Waals surface area contributed by atoms with Gasteiger partial charge in [0.1, 0.15) is 0 Å². The van der Waals surface area contributed by atoms with Crippen molar-refractivity contribution in [3.63, 3.8) is 0 Å². The Morgan fingerprint density at radius 1 is 1.29 bits per heavy atom. The molecule has 1 N–H and O–H groups in total. The molecule has 21 heavy (non-hydrogen) atoms. The minimum atomic E-state index is 0.286. The molecule has 1 aromatic rings. The van der Waals surface area contributed by atoms with Crippen molar-refractivity contribution in [3.8, 4) is 0 Å². The summed E-state index contributed by atoms with van der Waals surface area (Å²) in [4.78, 5) is 2.46. The fourth-order valence-electron chi connectivity index (χ4n) is 2.87. The van der Waals surface area contributed by atoms with Gasteiger partial charge in [-0.15, -0.1) is 0 Å². The Bertz CT molecular complexity index is 454. The van der Waals surface area contributed by atoms with Crippen LogP contribution in [0.25, 0.3) is 0 Å². The number of nitrogens with zero attached hydrogens (tertiary/aromatic N) is 1. The van der Waals surface area contributed by atoms with Crippen LogP contribution in [0, 0.1) is 5.92 Å². The Morgan fingerprint density at radius 3 is 2.57 bits per heavy atom. The smallest absolute Gasteiger partial charge is 0.0726 e. The van der Waals surface area contributed by atoms with Crippen LogP contribution in [-0.4, -0.2) is 31.8 Å². The highest BCUT2D eigenvalue weighted by atomic mass is 79.9. The second-order valence-electron chi connectivity index (χ2n) is 6.46. The van der Waals surface area contributed by atoms with Gasteiger partial charge in [-0.3, -0.25) is 0 Å². The maximum Gasteiger partial charge on any atom is 0.0726 e. The lowest BCUT2D eigenvalue weighted by molar-refractivity contribution is -0.00526. The standard InChI is InChI=1S/C17H27BrN2O/c1-12(2)8-19-9-15-7-16(18)5-6-17(15)20-10-13(3)21-14(4)11-20/h5-7,12-14,19H,8-11H2,1-4H3. The van der Waals surface area contributed by atoms with Gasteiger partial charge in [0.25, 0.3) is 0 Å². The lowest BCUT2D eigenvalue weighted by Gasteiger charge is -2.38. The third kappa shape index (κ3) is 4.97. The molecule has 0 aliphatic carbocycles. The summed E-state index contributed by atoms with van der Waals surface area (Å²) in [7, 11) is 0. The van der Waals surface area contributed by atoms with E-state index in [9.17, 15) is 0 Å². The third-order valence-corrected chi connectivity index (χ3v) is 4.16. The predicted octanol–water partition coefficient (Wildman–Crippen LogP) is 3.81. The van der Waals surface area contributed by atoms with Crippen molar-refractivity contribution in [2.75, 3.05) is 24.5 Å². The van der Waals surface area contributed by atoms with E-state index in [0.29, 0.717) is 5.92 Å². The molecule has 0 amide bonds. The number of ether oxygens (including phenoxy) is 1. The van der Waals surface area contributed by atoms with E-state index in [4.69, 9.17) is 4.74 Å². The quantitative estimate of drug-likeness (QED) is 0.869. The molecule has 0 bridgehead atoms. The lowest BCUT2D eigenvalue weighted by atomic mass is 10.1. The Balaban J connectivity index is 2.13. The zero-order valence-corrected chi connectivity index (χ0v) is 15.1. The van der Waals surface area contributed by atoms with E-state index in [1.165, 1.54) is 11.3 Å². The van der Waals surface area contributed by atoms with Crippen molar-refractivity contribution in [2.45, 2.75) is 46.4 Å². The summed E-state index contributed by atoms with van der Waals surface area (Å²) >= 11 is 3.59. The van der Waals surface area contributed by atoms with E-state index >= 15 is 0 Å². The largest absolute Gasteiger partial charge is 0.372 e. The lowest BCUT2D eigenvalue weighted by Crippen LogP contribution is -2.46. The number of hydrogen-bond donors (Lipinski definition) is 1. The van der Waals surface area contributed by atoms with E-state index in [1.807, 2.05) is 0 Å². The molecular formula is C17H27BrN2O. The van der Waals surface area contributed by atoms with Gasteiger partial charge in [-0.25, -0.2) is 0 Å². The fraction of sp³-hybridized carbons (Fsp3) is 0.647. The summed E-state index contributed by atoms with van der Waals surface area (Å²) in [5.41, 5.74) is 2.68. The summed E-state index contributed by atoms with van der Waals surface area (Å²) in [6.45, 7) is 12.7. The van der Waals surface area contributed by atoms with Gasteiger partial charge in [-0.2, -0.15) is 0 Å². The van der Waals surface area contributed by atoms with E-state index < -0.39 is 0 Å². The van der Waals surface area contributed by atoms with Crippen LogP contribution < -0.4 is 10.2 Å². The first-order valence-electron chi connectivity index (χ1n) is 7.85. The number of hydrogen-bond acceptors (Lipinski definition) is 3. The Labute approximate surface area is 137 Å². The van der Waals surface area contributed by atoms with Gasteiger partial charge in [0, 0.05) is 29.8 Å². The van der Waals surface area contributed by atoms with Gasteiger partial charge in [0.05, 0.1) is 12.2 Å². The maximum absolute atomic E-state index is 5.85. The predicted molar refractivity (Wildman–Crippen MR) is 92.9 cm³/mol. The van der Waals surface area contributed by atoms with E-state index in [1.54, 1.807) is 0 Å². The first-order chi connectivity index (χ1) is 9.95. The summed E-state index contributed by atoms with van der Waals surface area (Å²) in [6, 6.07) is 6.58. The molecule has 0 aromatic heterocycles. The summed E-state index contributed by atoms with van der Waals surface area (Å²) in [6.07, 6.45) is 0.572. The molecule has 2 unspecified atom stereocenters. The van der Waals surface area contributed by atoms with Gasteiger partial charge in [-0.1, -0.05) is 29.8 Å². The molecule has 2 rings (SSSR count). The third-order valence-electron chi connectivity index (χ3n) is 3.67. The second-order valence-corrected chi connectivity index (χ2v) is 7.38. The molecule has 3 nitrogen and oxygen atoms in total. The molecule has 4 heteroatoms. The number of benzene rings is 1. The van der Waals surface area contributed by atoms with Crippen molar-refractivity contribution in [1.29, 1.82) is 0 Å². The number of nitrogens with one attached hydrogen (secondary N) is 1. The number of rotatable bonds is 5. The second kappa shape index (κ2) is 7.61. The maximum atomic E-state index is 5.85. The number of anilines is 1. The number of morpholine rings is 1. The Kier molecular flexibility index (Phi) is 6.08. The summed E-state index contributed by atoms with van der Waals surface area (Å²) < 4.78 is 6.99. The van der Waals surface area contributed by atoms with E-state index in [2.05, 4.69) is 72.0 Å². The van der Waals surface area contributed by atoms with Crippen molar-refractivity contribution in [2.24, 2.45) is 5.92 Å². The van der Waals surface area contributed by atoms with Crippen LogP contribution in [0.2, 0.25) is 0 Å². The van der Waals surface area contributed by atoms with Crippen LogP contribution in [0.3, 0.4) is 0 Å². The zero-order chi connectivity index (χ0) is 15.4. The molecule has 1 fully saturated rings. The molecule has 1 saturated heterocycles. The summed E-state index contributed by atoms with van der Waals surface area (Å²) in [5.74, 6) is 0.670. The topological polar surface area (TPSA) is 24.5 Å². The van der Waals surface area contributed by atoms with Gasteiger partial charge < -0.3 is 15.0 Å². The molecule has 118 valence electrons. The highest BCUT2D eigenvalue weighted by Crippen LogP contribution is 2.27. The van der Waals surface area contributed by atoms with Crippen molar-refractivity contribution >= 4 is 21.6 Å². The Hall–Kier alpha value is -0.580. The average Bonchev–Trinajstić information content (AvgIpc) is 2.37. The van der Waals surface area contributed by atoms with Crippen LogP contribution in [0.15, 0.2) is 22.7 Å². The molecule has 1 aromatic carbocycles. The molecule has 1 heterocycles. The minimum absolute atomic E-state index is 0.286. The molecule has 1 aliphatic rings. The molecule has 2 atom stereocenters. The van der Waals surface area contributed by atoms with Gasteiger partial charge in [0.15, 0.2) is 0 Å². The average molecular weight is 355 g/mol. The monoisotopic (exact) mass is 354 g/mol. The Morgan fingerprint density at radius 2 is 1.95 bits per heavy atom. The normalized spacial score (nSPS) is 22.9. The number of halogens is 1. The van der Waals surface area contributed by atoms with E-state index in [-0.39, 0.29) is 12.2 Å². The van der Waals surface area contributed by atoms with Crippen LogP contribution in [-0.2, 0) is 11.3 Å². The molecule has 0 spiro atoms. The first kappa shape index (κ1) is 16.8. The highest BCUT2D eigenvalue weighted by molar-refractivity contribution is 9.10. The van der Waals surface area contributed by atoms with Gasteiger partial charge in [-0.05, 0) is 50.1 Å². The van der Waals surface area contributed by atoms with Gasteiger partial charge in [0.2, 0.25) is 0 Å². The minimum Gasteiger partial charge on any atom is -0.372 e. The fourth-order valence-corrected chi connectivity index (χ4v) is 3.28. The first-order valence-corrected chi connectivity index (χ1v) is 8.64. The van der Waals surface area contributed by atoms with Crippen LogP contribution >= 0.6 is 15.9 Å². The molecule has 0 saturated carbocycles. The van der Waals surface area contributed by atoms with Gasteiger partial charge >= 0.3 is 0 Å². The highest BCUT2D eigenvalue weighted by Gasteiger charge is 2.23. The van der Waals surface area contributed by atoms with Crippen LogP contribution in [0.1, 0.15) is 33.3 Å². The van der Waals surface area contributed by atoms with Crippen LogP contribution in [0.4, 0.5) is 5.69 Å². The molecule has 0 radical (unpaired) electrons. The molecular weight excluding hydrogens is 328 g/mol. The summed E-state index contributed by atoms with van der Waals surface area (Å²) in [5, 5.41) is 3.55. The van der Waals surface area contributed by atoms with Crippen LogP contribution in [0.5, 0.6) is 0 Å². The molecule has 1 aliphatic heterocycles. The van der Waals surface area contributed by atoms with Crippen molar-refractivity contribution in [1.82, 2.24) is 5.32 Å².